The van der Waals surface area contributed by atoms with Crippen LogP contribution in [0.4, 0.5) is 0 Å². The molecule has 1 aliphatic heterocycles. The van der Waals surface area contributed by atoms with Crippen LogP contribution in [-0.2, 0) is 16.1 Å². The number of H-pyrrole nitrogens is 1. The quantitative estimate of drug-likeness (QED) is 0.568. The van der Waals surface area contributed by atoms with Crippen molar-refractivity contribution in [3.05, 3.63) is 36.0 Å². The predicted octanol–water partition coefficient (Wildman–Crippen LogP) is 1.05. The summed E-state index contributed by atoms with van der Waals surface area (Å²) in [6.45, 7) is 1.34. The molecule has 0 unspecified atom stereocenters. The van der Waals surface area contributed by atoms with Crippen molar-refractivity contribution in [3.63, 3.8) is 0 Å². The lowest BCUT2D eigenvalue weighted by Gasteiger charge is -2.33. The maximum absolute atomic E-state index is 11.2. The van der Waals surface area contributed by atoms with Gasteiger partial charge in [-0.1, -0.05) is 0 Å². The molecule has 0 aliphatic carbocycles. The first-order valence-electron chi connectivity index (χ1n) is 8.37. The average Bonchev–Trinajstić information content (AvgIpc) is 3.12. The number of nitrogens with one attached hydrogen (secondary N) is 1. The topological polar surface area (TPSA) is 136 Å². The van der Waals surface area contributed by atoms with Crippen LogP contribution < -0.4 is 4.74 Å². The normalized spacial score (nSPS) is 19.6. The number of aromatic amines is 1. The Morgan fingerprint density at radius 2 is 2.07 bits per heavy atom. The number of hydrogen-bond donors (Lipinski definition) is 4. The summed E-state index contributed by atoms with van der Waals surface area (Å²) >= 11 is 0. The Labute approximate surface area is 156 Å². The third-order valence-electron chi connectivity index (χ3n) is 4.47. The Bertz CT molecular complexity index is 746. The highest BCUT2D eigenvalue weighted by Crippen LogP contribution is 2.26. The number of ether oxygens (including phenoxy) is 1. The van der Waals surface area contributed by atoms with Gasteiger partial charge in [0.2, 0.25) is 0 Å². The van der Waals surface area contributed by atoms with Crippen molar-refractivity contribution < 1.29 is 29.6 Å². The van der Waals surface area contributed by atoms with E-state index in [0.717, 1.165) is 22.6 Å². The zero-order chi connectivity index (χ0) is 19.8. The van der Waals surface area contributed by atoms with E-state index in [1.54, 1.807) is 13.3 Å². The average molecular weight is 377 g/mol. The highest BCUT2D eigenvalue weighted by Gasteiger charge is 2.33. The number of aromatic nitrogens is 2. The van der Waals surface area contributed by atoms with Crippen LogP contribution in [0.3, 0.4) is 0 Å². The zero-order valence-corrected chi connectivity index (χ0v) is 14.9. The highest BCUT2D eigenvalue weighted by molar-refractivity contribution is 5.71. The standard InChI is InChI=1S/C17H21N3O4.CH2O2/c1-24-13-4-2-11(3-5-13)16-12(8-18-19-16)9-20-7-6-15(21)14(10-20)17(22)23;2-1-3/h2-5,8,14-15,21H,6-7,9-10H2,1H3,(H,18,19)(H,22,23);1H,(H,2,3)/t14-,15-;/m1./s1. The van der Waals surface area contributed by atoms with Gasteiger partial charge in [-0.2, -0.15) is 5.10 Å². The molecule has 1 saturated heterocycles. The zero-order valence-electron chi connectivity index (χ0n) is 14.9. The van der Waals surface area contributed by atoms with Gasteiger partial charge in [0.05, 0.1) is 31.0 Å². The van der Waals surface area contributed by atoms with Crippen LogP contribution in [0.25, 0.3) is 11.3 Å². The molecule has 1 aromatic carbocycles. The van der Waals surface area contributed by atoms with Crippen molar-refractivity contribution in [1.82, 2.24) is 15.1 Å². The molecular formula is C18H23N3O6. The van der Waals surface area contributed by atoms with E-state index in [2.05, 4.69) is 10.2 Å². The van der Waals surface area contributed by atoms with Gasteiger partial charge in [-0.05, 0) is 30.7 Å². The molecule has 1 aromatic heterocycles. The van der Waals surface area contributed by atoms with Gasteiger partial charge in [0, 0.05) is 30.8 Å². The molecule has 0 spiro atoms. The number of hydrogen-bond acceptors (Lipinski definition) is 6. The first kappa shape index (κ1) is 20.4. The lowest BCUT2D eigenvalue weighted by molar-refractivity contribution is -0.149. The van der Waals surface area contributed by atoms with Gasteiger partial charge in [0.1, 0.15) is 5.75 Å². The van der Waals surface area contributed by atoms with E-state index in [1.165, 1.54) is 0 Å². The fourth-order valence-electron chi connectivity index (χ4n) is 3.07. The maximum atomic E-state index is 11.2. The van der Waals surface area contributed by atoms with E-state index in [0.29, 0.717) is 26.1 Å². The van der Waals surface area contributed by atoms with Gasteiger partial charge in [-0.15, -0.1) is 0 Å². The van der Waals surface area contributed by atoms with Gasteiger partial charge in [-0.3, -0.25) is 19.6 Å². The molecule has 146 valence electrons. The first-order chi connectivity index (χ1) is 13.0. The number of aliphatic carboxylic acids is 1. The van der Waals surface area contributed by atoms with Crippen molar-refractivity contribution in [3.8, 4) is 17.0 Å². The van der Waals surface area contributed by atoms with E-state index in [1.807, 2.05) is 29.2 Å². The number of carboxylic acids is 1. The van der Waals surface area contributed by atoms with Crippen LogP contribution >= 0.6 is 0 Å². The maximum Gasteiger partial charge on any atom is 0.310 e. The fourth-order valence-corrected chi connectivity index (χ4v) is 3.07. The second-order valence-corrected chi connectivity index (χ2v) is 6.14. The van der Waals surface area contributed by atoms with E-state index in [4.69, 9.17) is 14.6 Å². The fraction of sp³-hybridized carbons (Fsp3) is 0.389. The second kappa shape index (κ2) is 9.70. The van der Waals surface area contributed by atoms with Gasteiger partial charge in [0.25, 0.3) is 6.47 Å². The molecule has 2 heterocycles. The second-order valence-electron chi connectivity index (χ2n) is 6.14. The van der Waals surface area contributed by atoms with Crippen LogP contribution in [0.5, 0.6) is 5.75 Å². The number of carbonyl (C=O) groups is 2. The minimum atomic E-state index is -0.949. The summed E-state index contributed by atoms with van der Waals surface area (Å²) in [7, 11) is 1.63. The molecular weight excluding hydrogens is 354 g/mol. The van der Waals surface area contributed by atoms with Gasteiger partial charge in [0.15, 0.2) is 0 Å². The monoisotopic (exact) mass is 377 g/mol. The molecule has 0 radical (unpaired) electrons. The largest absolute Gasteiger partial charge is 0.497 e. The number of methoxy groups -OCH3 is 1. The third kappa shape index (κ3) is 5.28. The minimum Gasteiger partial charge on any atom is -0.497 e. The van der Waals surface area contributed by atoms with Crippen LogP contribution in [0, 0.1) is 5.92 Å². The van der Waals surface area contributed by atoms with E-state index < -0.39 is 18.0 Å². The third-order valence-corrected chi connectivity index (χ3v) is 4.47. The van der Waals surface area contributed by atoms with E-state index in [-0.39, 0.29) is 6.47 Å². The Hall–Kier alpha value is -2.91. The van der Waals surface area contributed by atoms with Crippen molar-refractivity contribution >= 4 is 12.4 Å². The van der Waals surface area contributed by atoms with Gasteiger partial charge >= 0.3 is 5.97 Å². The summed E-state index contributed by atoms with van der Waals surface area (Å²) in [5.74, 6) is -0.904. The number of carboxylic acid groups (broad SMARTS) is 2. The molecule has 3 rings (SSSR count). The number of rotatable bonds is 5. The molecule has 2 aromatic rings. The summed E-state index contributed by atoms with van der Waals surface area (Å²) in [4.78, 5) is 21.7. The smallest absolute Gasteiger partial charge is 0.310 e. The molecule has 4 N–H and O–H groups in total. The molecule has 0 saturated carbocycles. The Morgan fingerprint density at radius 3 is 2.67 bits per heavy atom. The van der Waals surface area contributed by atoms with Crippen molar-refractivity contribution in [2.45, 2.75) is 19.1 Å². The van der Waals surface area contributed by atoms with E-state index in [9.17, 15) is 15.0 Å². The number of nitrogens with zero attached hydrogens (tertiary/aromatic N) is 2. The SMILES string of the molecule is COc1ccc(-c2[nH]ncc2CN2CC[C@@H](O)[C@H](C(=O)O)C2)cc1.O=CO. The number of aliphatic hydroxyl groups is 1. The Kier molecular flexibility index (Phi) is 7.33. The highest BCUT2D eigenvalue weighted by atomic mass is 16.5. The van der Waals surface area contributed by atoms with Crippen LogP contribution in [-0.4, -0.2) is 69.2 Å². The lowest BCUT2D eigenvalue weighted by Crippen LogP contribution is -2.46. The van der Waals surface area contributed by atoms with E-state index >= 15 is 0 Å². The number of piperidine rings is 1. The lowest BCUT2D eigenvalue weighted by atomic mass is 9.94. The summed E-state index contributed by atoms with van der Waals surface area (Å²) in [5.41, 5.74) is 2.91. The molecule has 9 nitrogen and oxygen atoms in total. The summed E-state index contributed by atoms with van der Waals surface area (Å²) < 4.78 is 5.17. The molecule has 1 aliphatic rings. The van der Waals surface area contributed by atoms with Crippen LogP contribution in [0.15, 0.2) is 30.5 Å². The molecule has 0 bridgehead atoms. The molecule has 0 amide bonds. The van der Waals surface area contributed by atoms with Crippen molar-refractivity contribution in [1.29, 1.82) is 0 Å². The molecule has 2 atom stereocenters. The van der Waals surface area contributed by atoms with Gasteiger partial charge in [-0.25, -0.2) is 0 Å². The predicted molar refractivity (Wildman–Crippen MR) is 96.3 cm³/mol. The Balaban J connectivity index is 0.000000817. The molecule has 27 heavy (non-hydrogen) atoms. The number of likely N-dealkylation sites (tertiary alicyclic amines) is 1. The Morgan fingerprint density at radius 1 is 1.41 bits per heavy atom. The number of benzene rings is 1. The van der Waals surface area contributed by atoms with Crippen molar-refractivity contribution in [2.75, 3.05) is 20.2 Å². The summed E-state index contributed by atoms with van der Waals surface area (Å²) in [5, 5.41) is 33.1. The first-order valence-corrected chi connectivity index (χ1v) is 8.37. The number of aliphatic hydroxyl groups excluding tert-OH is 1. The summed E-state index contributed by atoms with van der Waals surface area (Å²) in [6, 6.07) is 7.68. The molecule has 9 heteroatoms. The van der Waals surface area contributed by atoms with Crippen LogP contribution in [0.2, 0.25) is 0 Å². The molecule has 1 fully saturated rings. The van der Waals surface area contributed by atoms with Gasteiger partial charge < -0.3 is 20.1 Å². The van der Waals surface area contributed by atoms with Crippen LogP contribution in [0.1, 0.15) is 12.0 Å². The van der Waals surface area contributed by atoms with Crippen molar-refractivity contribution in [2.24, 2.45) is 5.92 Å². The summed E-state index contributed by atoms with van der Waals surface area (Å²) in [6.07, 6.45) is 1.46. The minimum absolute atomic E-state index is 0.250.